The van der Waals surface area contributed by atoms with Crippen molar-refractivity contribution in [3.8, 4) is 6.07 Å². The molecule has 2 rings (SSSR count). The number of rotatable bonds is 6. The molecular formula is C18H16ClN3O2. The fourth-order valence-corrected chi connectivity index (χ4v) is 2.29. The Labute approximate surface area is 145 Å². The van der Waals surface area contributed by atoms with Gasteiger partial charge in [0.1, 0.15) is 6.42 Å². The monoisotopic (exact) mass is 341 g/mol. The number of benzene rings is 2. The van der Waals surface area contributed by atoms with E-state index in [4.69, 9.17) is 16.9 Å². The van der Waals surface area contributed by atoms with Crippen molar-refractivity contribution < 1.29 is 9.59 Å². The Balaban J connectivity index is 1.73. The van der Waals surface area contributed by atoms with E-state index >= 15 is 0 Å². The van der Waals surface area contributed by atoms with Crippen molar-refractivity contribution in [1.82, 2.24) is 5.32 Å². The third-order valence-corrected chi connectivity index (χ3v) is 3.48. The van der Waals surface area contributed by atoms with Crippen LogP contribution < -0.4 is 10.6 Å². The first-order valence-corrected chi connectivity index (χ1v) is 7.76. The average Bonchev–Trinajstić information content (AvgIpc) is 2.55. The molecule has 0 bridgehead atoms. The molecule has 0 saturated carbocycles. The summed E-state index contributed by atoms with van der Waals surface area (Å²) in [5.74, 6) is -0.747. The van der Waals surface area contributed by atoms with Crippen LogP contribution in [0, 0.1) is 11.3 Å². The standard InChI is InChI=1S/C18H16ClN3O2/c19-15-3-1-2-13(10-15)8-9-21-17(23)11-18(24)22-16-6-4-14(12-20)5-7-16/h1-7,10H,8-9,11H2,(H,21,23)(H,22,24). The lowest BCUT2D eigenvalue weighted by atomic mass is 10.1. The second-order valence-electron chi connectivity index (χ2n) is 5.14. The number of hydrogen-bond donors (Lipinski definition) is 2. The second-order valence-corrected chi connectivity index (χ2v) is 5.58. The summed E-state index contributed by atoms with van der Waals surface area (Å²) in [6.07, 6.45) is 0.388. The molecule has 0 aromatic heterocycles. The van der Waals surface area contributed by atoms with Gasteiger partial charge >= 0.3 is 0 Å². The van der Waals surface area contributed by atoms with E-state index in [1.54, 1.807) is 30.3 Å². The van der Waals surface area contributed by atoms with Crippen LogP contribution >= 0.6 is 11.6 Å². The third kappa shape index (κ3) is 5.75. The average molecular weight is 342 g/mol. The minimum atomic E-state index is -0.403. The van der Waals surface area contributed by atoms with Crippen molar-refractivity contribution in [3.05, 3.63) is 64.7 Å². The summed E-state index contributed by atoms with van der Waals surface area (Å²) in [4.78, 5) is 23.6. The van der Waals surface area contributed by atoms with Gasteiger partial charge in [0.25, 0.3) is 0 Å². The first-order valence-electron chi connectivity index (χ1n) is 7.38. The molecule has 0 atom stereocenters. The van der Waals surface area contributed by atoms with Gasteiger partial charge in [-0.15, -0.1) is 0 Å². The van der Waals surface area contributed by atoms with E-state index < -0.39 is 5.91 Å². The molecule has 24 heavy (non-hydrogen) atoms. The molecule has 122 valence electrons. The van der Waals surface area contributed by atoms with Crippen LogP contribution in [0.15, 0.2) is 48.5 Å². The summed E-state index contributed by atoms with van der Waals surface area (Å²) in [5.41, 5.74) is 2.07. The van der Waals surface area contributed by atoms with Gasteiger partial charge < -0.3 is 10.6 Å². The zero-order chi connectivity index (χ0) is 17.4. The van der Waals surface area contributed by atoms with Gasteiger partial charge in [-0.05, 0) is 48.4 Å². The van der Waals surface area contributed by atoms with Crippen LogP contribution in [0.4, 0.5) is 5.69 Å². The number of nitriles is 1. The molecule has 0 fully saturated rings. The Bertz CT molecular complexity index is 767. The molecule has 2 aromatic rings. The predicted molar refractivity (Wildman–Crippen MR) is 92.6 cm³/mol. The smallest absolute Gasteiger partial charge is 0.233 e. The highest BCUT2D eigenvalue weighted by Crippen LogP contribution is 2.11. The summed E-state index contributed by atoms with van der Waals surface area (Å²) in [6.45, 7) is 0.434. The fourth-order valence-electron chi connectivity index (χ4n) is 2.08. The minimum Gasteiger partial charge on any atom is -0.355 e. The number of carbonyl (C=O) groups excluding carboxylic acids is 2. The van der Waals surface area contributed by atoms with Gasteiger partial charge in [-0.1, -0.05) is 23.7 Å². The first kappa shape index (κ1) is 17.5. The van der Waals surface area contributed by atoms with Gasteiger partial charge in [0.15, 0.2) is 0 Å². The highest BCUT2D eigenvalue weighted by molar-refractivity contribution is 6.30. The van der Waals surface area contributed by atoms with Crippen molar-refractivity contribution in [1.29, 1.82) is 5.26 Å². The summed E-state index contributed by atoms with van der Waals surface area (Å²) in [5, 5.41) is 14.7. The molecule has 2 amide bonds. The summed E-state index contributed by atoms with van der Waals surface area (Å²) >= 11 is 5.89. The maximum absolute atomic E-state index is 11.8. The van der Waals surface area contributed by atoms with Crippen LogP contribution in [-0.2, 0) is 16.0 Å². The van der Waals surface area contributed by atoms with Gasteiger partial charge in [0.2, 0.25) is 11.8 Å². The molecule has 0 aliphatic carbocycles. The highest BCUT2D eigenvalue weighted by atomic mass is 35.5. The van der Waals surface area contributed by atoms with E-state index in [1.165, 1.54) is 0 Å². The summed E-state index contributed by atoms with van der Waals surface area (Å²) in [7, 11) is 0. The Hall–Kier alpha value is -2.84. The van der Waals surface area contributed by atoms with E-state index in [-0.39, 0.29) is 12.3 Å². The van der Waals surface area contributed by atoms with Crippen LogP contribution in [0.1, 0.15) is 17.5 Å². The molecule has 0 aliphatic rings. The van der Waals surface area contributed by atoms with Crippen LogP contribution in [0.2, 0.25) is 5.02 Å². The lowest BCUT2D eigenvalue weighted by molar-refractivity contribution is -0.126. The van der Waals surface area contributed by atoms with Gasteiger partial charge in [-0.2, -0.15) is 5.26 Å². The topological polar surface area (TPSA) is 82.0 Å². The lowest BCUT2D eigenvalue weighted by Crippen LogP contribution is -2.29. The van der Waals surface area contributed by atoms with Gasteiger partial charge in [-0.3, -0.25) is 9.59 Å². The maximum atomic E-state index is 11.8. The number of hydrogen-bond acceptors (Lipinski definition) is 3. The quantitative estimate of drug-likeness (QED) is 0.792. The normalized spacial score (nSPS) is 9.83. The van der Waals surface area contributed by atoms with E-state index in [0.717, 1.165) is 5.56 Å². The van der Waals surface area contributed by atoms with Crippen molar-refractivity contribution in [2.45, 2.75) is 12.8 Å². The van der Waals surface area contributed by atoms with E-state index in [1.807, 2.05) is 24.3 Å². The Morgan fingerprint density at radius 3 is 2.50 bits per heavy atom. The van der Waals surface area contributed by atoms with Gasteiger partial charge in [0.05, 0.1) is 11.6 Å². The van der Waals surface area contributed by atoms with Gasteiger partial charge in [-0.25, -0.2) is 0 Å². The van der Waals surface area contributed by atoms with Crippen molar-refractivity contribution >= 4 is 29.1 Å². The van der Waals surface area contributed by atoms with Crippen molar-refractivity contribution in [2.24, 2.45) is 0 Å². The summed E-state index contributed by atoms with van der Waals surface area (Å²) in [6, 6.07) is 15.8. The first-order chi connectivity index (χ1) is 11.6. The molecule has 2 aromatic carbocycles. The highest BCUT2D eigenvalue weighted by Gasteiger charge is 2.09. The molecular weight excluding hydrogens is 326 g/mol. The Morgan fingerprint density at radius 1 is 1.08 bits per heavy atom. The second kappa shape index (κ2) is 8.70. The molecule has 5 nitrogen and oxygen atoms in total. The zero-order valence-corrected chi connectivity index (χ0v) is 13.6. The zero-order valence-electron chi connectivity index (χ0n) is 12.9. The predicted octanol–water partition coefficient (Wildman–Crippen LogP) is 2.90. The molecule has 0 heterocycles. The lowest BCUT2D eigenvalue weighted by Gasteiger charge is -2.07. The largest absolute Gasteiger partial charge is 0.355 e. The minimum absolute atomic E-state index is 0.254. The van der Waals surface area contributed by atoms with Crippen LogP contribution in [0.25, 0.3) is 0 Å². The van der Waals surface area contributed by atoms with E-state index in [2.05, 4.69) is 10.6 Å². The van der Waals surface area contributed by atoms with E-state index in [0.29, 0.717) is 29.2 Å². The number of nitrogens with zero attached hydrogens (tertiary/aromatic N) is 1. The molecule has 0 radical (unpaired) electrons. The number of carbonyl (C=O) groups is 2. The summed E-state index contributed by atoms with van der Waals surface area (Å²) < 4.78 is 0. The molecule has 0 aliphatic heterocycles. The molecule has 0 spiro atoms. The third-order valence-electron chi connectivity index (χ3n) is 3.24. The number of amides is 2. The van der Waals surface area contributed by atoms with Crippen LogP contribution in [-0.4, -0.2) is 18.4 Å². The number of halogens is 1. The van der Waals surface area contributed by atoms with E-state index in [9.17, 15) is 9.59 Å². The van der Waals surface area contributed by atoms with Crippen molar-refractivity contribution in [2.75, 3.05) is 11.9 Å². The van der Waals surface area contributed by atoms with Gasteiger partial charge in [0, 0.05) is 17.3 Å². The SMILES string of the molecule is N#Cc1ccc(NC(=O)CC(=O)NCCc2cccc(Cl)c2)cc1. The Morgan fingerprint density at radius 2 is 1.83 bits per heavy atom. The number of nitrogens with one attached hydrogen (secondary N) is 2. The van der Waals surface area contributed by atoms with Crippen LogP contribution in [0.5, 0.6) is 0 Å². The fraction of sp³-hybridized carbons (Fsp3) is 0.167. The molecule has 2 N–H and O–H groups in total. The molecule has 0 saturated heterocycles. The van der Waals surface area contributed by atoms with Crippen molar-refractivity contribution in [3.63, 3.8) is 0 Å². The maximum Gasteiger partial charge on any atom is 0.233 e. The molecule has 6 heteroatoms. The number of anilines is 1. The molecule has 0 unspecified atom stereocenters. The van der Waals surface area contributed by atoms with Crippen LogP contribution in [0.3, 0.4) is 0 Å². The Kier molecular flexibility index (Phi) is 6.35.